The van der Waals surface area contributed by atoms with Crippen LogP contribution in [0.3, 0.4) is 0 Å². The molecule has 1 aromatic heterocycles. The lowest BCUT2D eigenvalue weighted by molar-refractivity contribution is -0.133. The van der Waals surface area contributed by atoms with Gasteiger partial charge in [0.25, 0.3) is 0 Å². The molecular formula is C20H24N2O3S. The maximum Gasteiger partial charge on any atom is 0.227 e. The highest BCUT2D eigenvalue weighted by Gasteiger charge is 2.22. The average molecular weight is 372 g/mol. The second-order valence-corrected chi connectivity index (χ2v) is 7.32. The lowest BCUT2D eigenvalue weighted by Crippen LogP contribution is -2.38. The van der Waals surface area contributed by atoms with Gasteiger partial charge in [0.15, 0.2) is 0 Å². The van der Waals surface area contributed by atoms with E-state index in [1.165, 1.54) is 0 Å². The molecule has 5 nitrogen and oxygen atoms in total. The Morgan fingerprint density at radius 2 is 1.65 bits per heavy atom. The number of thiophene rings is 1. The average Bonchev–Trinajstić information content (AvgIpc) is 3.03. The lowest BCUT2D eigenvalue weighted by Gasteiger charge is -2.22. The first-order valence-electron chi connectivity index (χ1n) is 8.98. The molecule has 0 N–H and O–H groups in total. The maximum atomic E-state index is 12.4. The second-order valence-electron chi connectivity index (χ2n) is 6.28. The monoisotopic (exact) mass is 372 g/mol. The Balaban J connectivity index is 1.42. The summed E-state index contributed by atoms with van der Waals surface area (Å²) in [5.74, 6) is 1.02. The fourth-order valence-corrected chi connectivity index (χ4v) is 3.72. The van der Waals surface area contributed by atoms with Gasteiger partial charge in [0, 0.05) is 31.1 Å². The van der Waals surface area contributed by atoms with Gasteiger partial charge in [-0.2, -0.15) is 0 Å². The molecule has 26 heavy (non-hydrogen) atoms. The Labute approximate surface area is 158 Å². The van der Waals surface area contributed by atoms with E-state index in [0.717, 1.165) is 17.0 Å². The van der Waals surface area contributed by atoms with Crippen molar-refractivity contribution in [3.05, 3.63) is 52.7 Å². The molecule has 0 saturated carbocycles. The van der Waals surface area contributed by atoms with Crippen LogP contribution >= 0.6 is 11.3 Å². The Hall–Kier alpha value is -2.34. The van der Waals surface area contributed by atoms with E-state index in [4.69, 9.17) is 4.74 Å². The van der Waals surface area contributed by atoms with Crippen molar-refractivity contribution in [3.8, 4) is 5.75 Å². The highest BCUT2D eigenvalue weighted by molar-refractivity contribution is 7.10. The van der Waals surface area contributed by atoms with E-state index in [1.807, 2.05) is 57.6 Å². The Morgan fingerprint density at radius 1 is 0.923 bits per heavy atom. The van der Waals surface area contributed by atoms with Gasteiger partial charge in [-0.15, -0.1) is 11.3 Å². The minimum Gasteiger partial charge on any atom is -0.493 e. The molecule has 6 heteroatoms. The van der Waals surface area contributed by atoms with E-state index in [9.17, 15) is 9.59 Å². The summed E-state index contributed by atoms with van der Waals surface area (Å²) in [5.41, 5.74) is 0. The van der Waals surface area contributed by atoms with Gasteiger partial charge in [-0.3, -0.25) is 9.59 Å². The molecule has 3 rings (SSSR count). The van der Waals surface area contributed by atoms with E-state index in [0.29, 0.717) is 45.6 Å². The van der Waals surface area contributed by atoms with Gasteiger partial charge in [0.2, 0.25) is 11.8 Å². The van der Waals surface area contributed by atoms with Crippen molar-refractivity contribution >= 4 is 23.2 Å². The summed E-state index contributed by atoms with van der Waals surface area (Å²) in [6.45, 7) is 3.00. The van der Waals surface area contributed by atoms with Gasteiger partial charge >= 0.3 is 0 Å². The van der Waals surface area contributed by atoms with Crippen molar-refractivity contribution in [3.63, 3.8) is 0 Å². The number of ether oxygens (including phenoxy) is 1. The molecule has 0 atom stereocenters. The molecule has 1 aromatic carbocycles. The molecule has 138 valence electrons. The second kappa shape index (κ2) is 9.38. The zero-order valence-corrected chi connectivity index (χ0v) is 15.6. The quantitative estimate of drug-likeness (QED) is 0.783. The molecule has 2 aromatic rings. The first-order valence-corrected chi connectivity index (χ1v) is 9.86. The summed E-state index contributed by atoms with van der Waals surface area (Å²) in [4.78, 5) is 29.7. The summed E-state index contributed by atoms with van der Waals surface area (Å²) in [5, 5.41) is 1.99. The first kappa shape index (κ1) is 18.5. The predicted molar refractivity (Wildman–Crippen MR) is 102 cm³/mol. The van der Waals surface area contributed by atoms with Gasteiger partial charge in [0.05, 0.1) is 19.4 Å². The van der Waals surface area contributed by atoms with E-state index in [2.05, 4.69) is 0 Å². The zero-order valence-electron chi connectivity index (χ0n) is 14.8. The summed E-state index contributed by atoms with van der Waals surface area (Å²) in [6, 6.07) is 13.5. The first-order chi connectivity index (χ1) is 12.7. The van der Waals surface area contributed by atoms with Crippen LogP contribution in [0.4, 0.5) is 0 Å². The van der Waals surface area contributed by atoms with E-state index in [-0.39, 0.29) is 11.8 Å². The molecule has 0 aliphatic carbocycles. The summed E-state index contributed by atoms with van der Waals surface area (Å²) >= 11 is 1.61. The number of carbonyl (C=O) groups excluding carboxylic acids is 2. The third-order valence-electron chi connectivity index (χ3n) is 4.43. The van der Waals surface area contributed by atoms with Crippen LogP contribution in [0.2, 0.25) is 0 Å². The number of amides is 2. The van der Waals surface area contributed by atoms with Crippen LogP contribution in [0, 0.1) is 0 Å². The van der Waals surface area contributed by atoms with Gasteiger partial charge < -0.3 is 14.5 Å². The highest BCUT2D eigenvalue weighted by atomic mass is 32.1. The van der Waals surface area contributed by atoms with Crippen molar-refractivity contribution < 1.29 is 14.3 Å². The van der Waals surface area contributed by atoms with Crippen molar-refractivity contribution in [1.29, 1.82) is 0 Å². The van der Waals surface area contributed by atoms with Crippen LogP contribution in [-0.4, -0.2) is 54.4 Å². The molecule has 1 aliphatic rings. The third kappa shape index (κ3) is 5.33. The molecule has 1 fully saturated rings. The van der Waals surface area contributed by atoms with Crippen LogP contribution in [0.1, 0.15) is 17.7 Å². The van der Waals surface area contributed by atoms with Crippen molar-refractivity contribution in [2.24, 2.45) is 0 Å². The van der Waals surface area contributed by atoms with Crippen LogP contribution in [0.5, 0.6) is 5.75 Å². The van der Waals surface area contributed by atoms with Gasteiger partial charge in [-0.05, 0) is 30.0 Å². The number of hydrogen-bond acceptors (Lipinski definition) is 4. The molecule has 0 unspecified atom stereocenters. The molecule has 1 saturated heterocycles. The molecule has 0 radical (unpaired) electrons. The molecule has 0 spiro atoms. The van der Waals surface area contributed by atoms with Gasteiger partial charge in [-0.1, -0.05) is 24.3 Å². The van der Waals surface area contributed by atoms with Gasteiger partial charge in [0.1, 0.15) is 5.75 Å². The number of hydrogen-bond donors (Lipinski definition) is 0. The minimum absolute atomic E-state index is 0.0912. The van der Waals surface area contributed by atoms with Crippen LogP contribution in [0.15, 0.2) is 47.8 Å². The third-order valence-corrected chi connectivity index (χ3v) is 5.31. The van der Waals surface area contributed by atoms with E-state index in [1.54, 1.807) is 11.3 Å². The van der Waals surface area contributed by atoms with E-state index >= 15 is 0 Å². The molecule has 0 bridgehead atoms. The Bertz CT molecular complexity index is 703. The van der Waals surface area contributed by atoms with E-state index < -0.39 is 0 Å². The van der Waals surface area contributed by atoms with Crippen molar-refractivity contribution in [2.75, 3.05) is 32.8 Å². The van der Waals surface area contributed by atoms with Crippen LogP contribution < -0.4 is 4.74 Å². The number of nitrogens with zero attached hydrogens (tertiary/aromatic N) is 2. The van der Waals surface area contributed by atoms with Gasteiger partial charge in [-0.25, -0.2) is 0 Å². The van der Waals surface area contributed by atoms with Crippen LogP contribution in [0.25, 0.3) is 0 Å². The number of carbonyl (C=O) groups is 2. The fourth-order valence-electron chi connectivity index (χ4n) is 3.02. The summed E-state index contributed by atoms with van der Waals surface area (Å²) in [6.07, 6.45) is 1.63. The molecule has 1 aliphatic heterocycles. The number of rotatable bonds is 6. The highest BCUT2D eigenvalue weighted by Crippen LogP contribution is 2.13. The number of benzene rings is 1. The van der Waals surface area contributed by atoms with Crippen LogP contribution in [-0.2, 0) is 16.0 Å². The fraction of sp³-hybridized carbons (Fsp3) is 0.400. The smallest absolute Gasteiger partial charge is 0.227 e. The SMILES string of the molecule is O=C(CCOc1ccccc1)N1CCCN(C(=O)Cc2cccs2)CC1. The topological polar surface area (TPSA) is 49.9 Å². The number of para-hydroxylation sites is 1. The normalized spacial score (nSPS) is 14.8. The largest absolute Gasteiger partial charge is 0.493 e. The maximum absolute atomic E-state index is 12.4. The summed E-state index contributed by atoms with van der Waals surface area (Å²) in [7, 11) is 0. The summed E-state index contributed by atoms with van der Waals surface area (Å²) < 4.78 is 5.61. The minimum atomic E-state index is 0.0912. The lowest BCUT2D eigenvalue weighted by atomic mass is 10.3. The zero-order chi connectivity index (χ0) is 18.2. The van der Waals surface area contributed by atoms with Crippen molar-refractivity contribution in [1.82, 2.24) is 9.80 Å². The predicted octanol–water partition coefficient (Wildman–Crippen LogP) is 2.82. The molecular weight excluding hydrogens is 348 g/mol. The van der Waals surface area contributed by atoms with Crippen molar-refractivity contribution in [2.45, 2.75) is 19.3 Å². The standard InChI is InChI=1S/C20H24N2O3S/c23-19(9-14-25-17-6-2-1-3-7-17)21-10-5-11-22(13-12-21)20(24)16-18-8-4-15-26-18/h1-4,6-8,15H,5,9-14,16H2. The Kier molecular flexibility index (Phi) is 6.66. The molecule has 2 heterocycles. The Morgan fingerprint density at radius 3 is 2.35 bits per heavy atom. The molecule has 2 amide bonds.